The zero-order valence-corrected chi connectivity index (χ0v) is 8.78. The topological polar surface area (TPSA) is 71.4 Å². The van der Waals surface area contributed by atoms with Crippen LogP contribution in [0.1, 0.15) is 17.3 Å². The molecule has 1 aromatic carbocycles. The first-order valence-electron chi connectivity index (χ1n) is 3.79. The first kappa shape index (κ1) is 12.8. The van der Waals surface area contributed by atoms with E-state index >= 15 is 0 Å². The summed E-state index contributed by atoms with van der Waals surface area (Å²) in [5, 5.41) is 0. The molecule has 0 radical (unpaired) electrons. The van der Waals surface area contributed by atoms with Crippen molar-refractivity contribution in [2.45, 2.75) is 6.92 Å². The van der Waals surface area contributed by atoms with Crippen LogP contribution in [-0.4, -0.2) is 25.0 Å². The smallest absolute Gasteiger partial charge is 0.261 e. The van der Waals surface area contributed by atoms with Crippen molar-refractivity contribution in [1.82, 2.24) is 0 Å². The number of rotatable bonds is 1. The van der Waals surface area contributed by atoms with E-state index in [4.69, 9.17) is 4.55 Å². The summed E-state index contributed by atoms with van der Waals surface area (Å²) in [6.07, 6.45) is 0.715. The van der Waals surface area contributed by atoms with Gasteiger partial charge in [0.15, 0.2) is 5.78 Å². The normalized spacial score (nSPS) is 9.93. The fraction of sp³-hybridized carbons (Fsp3) is 0.222. The van der Waals surface area contributed by atoms with Gasteiger partial charge in [-0.3, -0.25) is 9.35 Å². The molecule has 0 aliphatic rings. The van der Waals surface area contributed by atoms with E-state index in [9.17, 15) is 13.2 Å². The second-order valence-electron chi connectivity index (χ2n) is 2.66. The summed E-state index contributed by atoms with van der Waals surface area (Å²) in [5.41, 5.74) is 0.775. The lowest BCUT2D eigenvalue weighted by molar-refractivity contribution is 0.101. The number of Topliss-reactive ketones (excluding diaryl/α,β-unsaturated/α-hetero) is 1. The molecule has 0 unspecified atom stereocenters. The number of hydrogen-bond acceptors (Lipinski definition) is 3. The molecule has 78 valence electrons. The summed E-state index contributed by atoms with van der Waals surface area (Å²) in [5.74, 6) is 0.121. The van der Waals surface area contributed by atoms with Gasteiger partial charge in [-0.1, -0.05) is 30.3 Å². The average molecular weight is 216 g/mol. The monoisotopic (exact) mass is 216 g/mol. The maximum Gasteiger partial charge on any atom is 0.261 e. The molecule has 5 heteroatoms. The summed E-state index contributed by atoms with van der Waals surface area (Å²) in [6.45, 7) is 1.56. The highest BCUT2D eigenvalue weighted by atomic mass is 32.2. The van der Waals surface area contributed by atoms with E-state index in [-0.39, 0.29) is 5.78 Å². The zero-order chi connectivity index (χ0) is 11.2. The summed E-state index contributed by atoms with van der Waals surface area (Å²) in [6, 6.07) is 9.23. The zero-order valence-electron chi connectivity index (χ0n) is 7.97. The van der Waals surface area contributed by atoms with Crippen molar-refractivity contribution < 1.29 is 17.8 Å². The van der Waals surface area contributed by atoms with Gasteiger partial charge in [-0.15, -0.1) is 0 Å². The highest BCUT2D eigenvalue weighted by Crippen LogP contribution is 1.97. The van der Waals surface area contributed by atoms with Crippen LogP contribution in [0.25, 0.3) is 0 Å². The standard InChI is InChI=1S/C8H8O.CH4O3S/c1-7(9)8-5-3-2-4-6-8;1-5(2,3)4/h2-6H,1H3;1H3,(H,2,3,4). The van der Waals surface area contributed by atoms with Crippen molar-refractivity contribution >= 4 is 15.9 Å². The minimum atomic E-state index is -3.67. The Labute approximate surface area is 83.3 Å². The lowest BCUT2D eigenvalue weighted by Gasteiger charge is -1.89. The molecule has 1 rings (SSSR count). The van der Waals surface area contributed by atoms with Gasteiger partial charge in [0.1, 0.15) is 0 Å². The quantitative estimate of drug-likeness (QED) is 0.569. The molecule has 4 nitrogen and oxygen atoms in total. The predicted octanol–water partition coefficient (Wildman–Crippen LogP) is 1.39. The Morgan fingerprint density at radius 2 is 1.57 bits per heavy atom. The molecule has 0 aromatic heterocycles. The molecule has 0 amide bonds. The SMILES string of the molecule is CC(=O)c1ccccc1.CS(=O)(=O)O. The molecule has 0 bridgehead atoms. The maximum absolute atomic E-state index is 10.6. The molecule has 1 N–H and O–H groups in total. The van der Waals surface area contributed by atoms with Gasteiger partial charge in [0.25, 0.3) is 10.1 Å². The molecule has 0 fully saturated rings. The Morgan fingerprint density at radius 1 is 1.21 bits per heavy atom. The van der Waals surface area contributed by atoms with E-state index in [2.05, 4.69) is 0 Å². The van der Waals surface area contributed by atoms with Gasteiger partial charge >= 0.3 is 0 Å². The third kappa shape index (κ3) is 8.89. The summed E-state index contributed by atoms with van der Waals surface area (Å²) >= 11 is 0. The third-order valence-electron chi connectivity index (χ3n) is 1.18. The van der Waals surface area contributed by atoms with Crippen molar-refractivity contribution in [3.63, 3.8) is 0 Å². The maximum atomic E-state index is 10.6. The van der Waals surface area contributed by atoms with Crippen LogP contribution in [0.2, 0.25) is 0 Å². The second kappa shape index (κ2) is 5.51. The van der Waals surface area contributed by atoms with Gasteiger partial charge in [-0.25, -0.2) is 0 Å². The average Bonchev–Trinajstić information content (AvgIpc) is 2.03. The van der Waals surface area contributed by atoms with Crippen LogP contribution < -0.4 is 0 Å². The van der Waals surface area contributed by atoms with Crippen LogP contribution in [0.15, 0.2) is 30.3 Å². The predicted molar refractivity (Wildman–Crippen MR) is 53.9 cm³/mol. The first-order chi connectivity index (χ1) is 6.30. The lowest BCUT2D eigenvalue weighted by Crippen LogP contribution is -1.88. The molecule has 0 aliphatic heterocycles. The van der Waals surface area contributed by atoms with Crippen LogP contribution in [-0.2, 0) is 10.1 Å². The number of benzene rings is 1. The molecule has 0 spiro atoms. The lowest BCUT2D eigenvalue weighted by atomic mass is 10.2. The Balaban J connectivity index is 0.000000292. The molecule has 0 aliphatic carbocycles. The van der Waals surface area contributed by atoms with Gasteiger partial charge in [0, 0.05) is 5.56 Å². The van der Waals surface area contributed by atoms with Gasteiger partial charge in [-0.05, 0) is 6.92 Å². The minimum Gasteiger partial charge on any atom is -0.295 e. The van der Waals surface area contributed by atoms with Gasteiger partial charge in [-0.2, -0.15) is 8.42 Å². The highest BCUT2D eigenvalue weighted by Gasteiger charge is 1.92. The van der Waals surface area contributed by atoms with E-state index in [0.717, 1.165) is 5.56 Å². The van der Waals surface area contributed by atoms with E-state index in [1.807, 2.05) is 30.3 Å². The van der Waals surface area contributed by atoms with Crippen LogP contribution in [0, 0.1) is 0 Å². The molecule has 0 atom stereocenters. The van der Waals surface area contributed by atoms with Crippen molar-refractivity contribution in [2.24, 2.45) is 0 Å². The van der Waals surface area contributed by atoms with Crippen LogP contribution >= 0.6 is 0 Å². The Morgan fingerprint density at radius 3 is 1.79 bits per heavy atom. The Kier molecular flexibility index (Phi) is 5.04. The molecule has 0 heterocycles. The summed E-state index contributed by atoms with van der Waals surface area (Å²) < 4.78 is 25.9. The van der Waals surface area contributed by atoms with Crippen molar-refractivity contribution in [3.8, 4) is 0 Å². The van der Waals surface area contributed by atoms with E-state index in [0.29, 0.717) is 6.26 Å². The Bertz CT molecular complexity index is 373. The van der Waals surface area contributed by atoms with Crippen molar-refractivity contribution in [1.29, 1.82) is 0 Å². The number of hydrogen-bond donors (Lipinski definition) is 1. The highest BCUT2D eigenvalue weighted by molar-refractivity contribution is 7.85. The number of ketones is 1. The van der Waals surface area contributed by atoms with E-state index in [1.54, 1.807) is 6.92 Å². The van der Waals surface area contributed by atoms with Crippen molar-refractivity contribution in [3.05, 3.63) is 35.9 Å². The molecular weight excluding hydrogens is 204 g/mol. The van der Waals surface area contributed by atoms with E-state index in [1.165, 1.54) is 0 Å². The van der Waals surface area contributed by atoms with Gasteiger partial charge < -0.3 is 0 Å². The summed E-state index contributed by atoms with van der Waals surface area (Å²) in [4.78, 5) is 10.6. The third-order valence-corrected chi connectivity index (χ3v) is 1.18. The van der Waals surface area contributed by atoms with Crippen LogP contribution in [0.5, 0.6) is 0 Å². The molecule has 14 heavy (non-hydrogen) atoms. The minimum absolute atomic E-state index is 0.121. The Hall–Kier alpha value is -1.20. The van der Waals surface area contributed by atoms with Gasteiger partial charge in [0.05, 0.1) is 6.26 Å². The number of carbonyl (C=O) groups excluding carboxylic acids is 1. The number of carbonyl (C=O) groups is 1. The first-order valence-corrected chi connectivity index (χ1v) is 5.64. The molecular formula is C9H12O4S. The van der Waals surface area contributed by atoms with Gasteiger partial charge in [0.2, 0.25) is 0 Å². The molecule has 0 saturated carbocycles. The van der Waals surface area contributed by atoms with Crippen molar-refractivity contribution in [2.75, 3.05) is 6.26 Å². The second-order valence-corrected chi connectivity index (χ2v) is 4.12. The van der Waals surface area contributed by atoms with Crippen LogP contribution in [0.3, 0.4) is 0 Å². The van der Waals surface area contributed by atoms with E-state index < -0.39 is 10.1 Å². The fourth-order valence-corrected chi connectivity index (χ4v) is 0.673. The largest absolute Gasteiger partial charge is 0.295 e. The fourth-order valence-electron chi connectivity index (χ4n) is 0.673. The molecule has 0 saturated heterocycles. The van der Waals surface area contributed by atoms with Crippen LogP contribution in [0.4, 0.5) is 0 Å². The molecule has 1 aromatic rings. The summed E-state index contributed by atoms with van der Waals surface area (Å²) in [7, 11) is -3.67.